The third-order valence-corrected chi connectivity index (χ3v) is 8.91. The fraction of sp³-hybridized carbons (Fsp3) is 0.333. The van der Waals surface area contributed by atoms with Crippen molar-refractivity contribution in [3.05, 3.63) is 77.4 Å². The van der Waals surface area contributed by atoms with Crippen molar-refractivity contribution in [2.75, 3.05) is 24.5 Å². The number of piperidine rings is 1. The maximum atomic E-state index is 13.7. The van der Waals surface area contributed by atoms with Crippen molar-refractivity contribution >= 4 is 63.9 Å². The van der Waals surface area contributed by atoms with E-state index in [0.717, 1.165) is 48.3 Å². The number of hydrogen-bond donors (Lipinski definition) is 6. The summed E-state index contributed by atoms with van der Waals surface area (Å²) in [6.07, 6.45) is 0.981. The standard InChI is InChI=1S/C36H37N5O11/c42-28(19-41-34(49)22-11-7-10-21-27(40-14-5-2-6-15-40)13-12-23(31(21)22)35(41)50)37-24(16-20-8-3-1-4-9-20)32(47)38-25(17-29(43)44)33(48)39-26(36(51)52)18-30(45)46/h1,3-4,7-13,24-26H,2,5-6,14-19H2,(H,37,42)(H,38,47)(H,39,48)(H,43,44)(H,45,46)(H,51,52)/t24-,25-,26-/m0/s1. The molecule has 6 N–H and O–H groups in total. The Kier molecular flexibility index (Phi) is 11.5. The first kappa shape index (κ1) is 36.9. The predicted molar refractivity (Wildman–Crippen MR) is 183 cm³/mol. The van der Waals surface area contributed by atoms with E-state index in [2.05, 4.69) is 15.5 Å². The summed E-state index contributed by atoms with van der Waals surface area (Å²) in [5, 5.41) is 35.6. The summed E-state index contributed by atoms with van der Waals surface area (Å²) < 4.78 is 0. The van der Waals surface area contributed by atoms with Crippen LogP contribution in [0.3, 0.4) is 0 Å². The van der Waals surface area contributed by atoms with Crippen LogP contribution in [0.5, 0.6) is 0 Å². The summed E-state index contributed by atoms with van der Waals surface area (Å²) >= 11 is 0. The Labute approximate surface area is 296 Å². The maximum absolute atomic E-state index is 13.7. The second kappa shape index (κ2) is 16.1. The Hall–Kier alpha value is -6.32. The third-order valence-electron chi connectivity index (χ3n) is 8.91. The van der Waals surface area contributed by atoms with Gasteiger partial charge in [0.05, 0.1) is 12.8 Å². The first-order valence-corrected chi connectivity index (χ1v) is 16.6. The minimum Gasteiger partial charge on any atom is -0.481 e. The van der Waals surface area contributed by atoms with Gasteiger partial charge in [-0.1, -0.05) is 42.5 Å². The molecule has 5 rings (SSSR count). The lowest BCUT2D eigenvalue weighted by Crippen LogP contribution is -2.57. The van der Waals surface area contributed by atoms with E-state index in [4.69, 9.17) is 5.11 Å². The van der Waals surface area contributed by atoms with Crippen LogP contribution < -0.4 is 20.9 Å². The van der Waals surface area contributed by atoms with Crippen LogP contribution in [0.15, 0.2) is 60.7 Å². The lowest BCUT2D eigenvalue weighted by molar-refractivity contribution is -0.148. The van der Waals surface area contributed by atoms with Gasteiger partial charge in [0.2, 0.25) is 17.7 Å². The van der Waals surface area contributed by atoms with E-state index >= 15 is 0 Å². The van der Waals surface area contributed by atoms with E-state index < -0.39 is 85.0 Å². The molecule has 2 aliphatic heterocycles. The molecule has 0 radical (unpaired) electrons. The minimum absolute atomic E-state index is 0.167. The van der Waals surface area contributed by atoms with E-state index in [0.29, 0.717) is 10.9 Å². The average molecular weight is 716 g/mol. The molecule has 3 aromatic rings. The van der Waals surface area contributed by atoms with Gasteiger partial charge >= 0.3 is 17.9 Å². The number of nitrogens with zero attached hydrogens (tertiary/aromatic N) is 2. The van der Waals surface area contributed by atoms with Gasteiger partial charge in [0, 0.05) is 47.1 Å². The van der Waals surface area contributed by atoms with Crippen LogP contribution in [0.4, 0.5) is 5.69 Å². The van der Waals surface area contributed by atoms with Crippen LogP contribution in [-0.2, 0) is 35.2 Å². The molecule has 0 aliphatic carbocycles. The van der Waals surface area contributed by atoms with Crippen molar-refractivity contribution in [1.82, 2.24) is 20.9 Å². The van der Waals surface area contributed by atoms with Gasteiger partial charge < -0.3 is 36.2 Å². The second-order valence-electron chi connectivity index (χ2n) is 12.6. The van der Waals surface area contributed by atoms with Gasteiger partial charge in [0.15, 0.2) is 0 Å². The number of nitrogens with one attached hydrogen (secondary N) is 3. The molecule has 16 nitrogen and oxygen atoms in total. The number of imide groups is 1. The number of carboxylic acid groups (broad SMARTS) is 3. The molecule has 0 aromatic heterocycles. The molecule has 0 saturated carbocycles. The van der Waals surface area contributed by atoms with Crippen LogP contribution >= 0.6 is 0 Å². The van der Waals surface area contributed by atoms with E-state index in [1.54, 1.807) is 48.5 Å². The van der Waals surface area contributed by atoms with Crippen LogP contribution in [0.1, 0.15) is 58.4 Å². The van der Waals surface area contributed by atoms with Gasteiger partial charge in [-0.2, -0.15) is 0 Å². The smallest absolute Gasteiger partial charge is 0.326 e. The molecule has 0 unspecified atom stereocenters. The van der Waals surface area contributed by atoms with Crippen molar-refractivity contribution in [3.8, 4) is 0 Å². The molecule has 3 atom stereocenters. The summed E-state index contributed by atoms with van der Waals surface area (Å²) in [6, 6.07) is 11.7. The lowest BCUT2D eigenvalue weighted by Gasteiger charge is -2.32. The molecule has 2 aliphatic rings. The molecule has 5 amide bonds. The number of amides is 5. The number of anilines is 1. The average Bonchev–Trinajstić information content (AvgIpc) is 3.11. The normalized spacial score (nSPS) is 15.7. The Morgan fingerprint density at radius 2 is 1.25 bits per heavy atom. The van der Waals surface area contributed by atoms with Gasteiger partial charge in [-0.15, -0.1) is 0 Å². The Bertz CT molecular complexity index is 1900. The van der Waals surface area contributed by atoms with Crippen LogP contribution in [-0.4, -0.2) is 105 Å². The van der Waals surface area contributed by atoms with Gasteiger partial charge in [-0.05, 0) is 43.0 Å². The monoisotopic (exact) mass is 715 g/mol. The molecule has 3 aromatic carbocycles. The fourth-order valence-corrected chi connectivity index (χ4v) is 6.43. The highest BCUT2D eigenvalue weighted by Crippen LogP contribution is 2.36. The van der Waals surface area contributed by atoms with Crippen molar-refractivity contribution in [3.63, 3.8) is 0 Å². The Morgan fingerprint density at radius 3 is 1.88 bits per heavy atom. The van der Waals surface area contributed by atoms with Crippen LogP contribution in [0, 0.1) is 0 Å². The largest absolute Gasteiger partial charge is 0.481 e. The number of rotatable bonds is 15. The van der Waals surface area contributed by atoms with Crippen LogP contribution in [0.2, 0.25) is 0 Å². The Balaban J connectivity index is 1.35. The molecule has 16 heteroatoms. The van der Waals surface area contributed by atoms with Crippen LogP contribution in [0.25, 0.3) is 10.8 Å². The summed E-state index contributed by atoms with van der Waals surface area (Å²) in [5.74, 6) is -9.44. The molecule has 52 heavy (non-hydrogen) atoms. The summed E-state index contributed by atoms with van der Waals surface area (Å²) in [7, 11) is 0. The van der Waals surface area contributed by atoms with E-state index in [1.165, 1.54) is 0 Å². The van der Waals surface area contributed by atoms with E-state index in [9.17, 15) is 48.6 Å². The summed E-state index contributed by atoms with van der Waals surface area (Å²) in [6.45, 7) is 0.925. The summed E-state index contributed by atoms with van der Waals surface area (Å²) in [5.41, 5.74) is 1.94. The SMILES string of the molecule is O=C(O)C[C@H](NC(=O)[C@H](CC(=O)O)NC(=O)[C@H](Cc1ccccc1)NC(=O)CN1C(=O)c2cccc3c(N4CCCCC4)ccc(c23)C1=O)C(=O)O. The van der Waals surface area contributed by atoms with Crippen molar-refractivity contribution in [1.29, 1.82) is 0 Å². The Morgan fingerprint density at radius 1 is 0.654 bits per heavy atom. The van der Waals surface area contributed by atoms with Gasteiger partial charge in [-0.25, -0.2) is 4.79 Å². The topological polar surface area (TPSA) is 240 Å². The number of benzene rings is 3. The zero-order valence-electron chi connectivity index (χ0n) is 27.9. The quantitative estimate of drug-likeness (QED) is 0.122. The number of carbonyl (C=O) groups is 8. The van der Waals surface area contributed by atoms with Gasteiger partial charge in [0.25, 0.3) is 11.8 Å². The first-order chi connectivity index (χ1) is 24.8. The van der Waals surface area contributed by atoms with Gasteiger partial charge in [-0.3, -0.25) is 38.5 Å². The number of carboxylic acids is 3. The molecule has 0 spiro atoms. The molecule has 1 fully saturated rings. The molecule has 0 bridgehead atoms. The minimum atomic E-state index is -1.93. The highest BCUT2D eigenvalue weighted by molar-refractivity contribution is 6.27. The molecular weight excluding hydrogens is 678 g/mol. The molecule has 1 saturated heterocycles. The highest BCUT2D eigenvalue weighted by atomic mass is 16.4. The number of hydrogen-bond acceptors (Lipinski definition) is 9. The fourth-order valence-electron chi connectivity index (χ4n) is 6.43. The van der Waals surface area contributed by atoms with E-state index in [1.807, 2.05) is 17.4 Å². The van der Waals surface area contributed by atoms with Crippen molar-refractivity contribution in [2.24, 2.45) is 0 Å². The highest BCUT2D eigenvalue weighted by Gasteiger charge is 2.37. The zero-order chi connectivity index (χ0) is 37.5. The lowest BCUT2D eigenvalue weighted by atomic mass is 9.92. The number of carbonyl (C=O) groups excluding carboxylic acids is 5. The van der Waals surface area contributed by atoms with Gasteiger partial charge in [0.1, 0.15) is 24.7 Å². The van der Waals surface area contributed by atoms with Crippen molar-refractivity contribution < 1.29 is 53.7 Å². The molecule has 2 heterocycles. The summed E-state index contributed by atoms with van der Waals surface area (Å²) in [4.78, 5) is 105. The van der Waals surface area contributed by atoms with E-state index in [-0.39, 0.29) is 17.5 Å². The zero-order valence-corrected chi connectivity index (χ0v) is 27.9. The first-order valence-electron chi connectivity index (χ1n) is 16.6. The van der Waals surface area contributed by atoms with Crippen molar-refractivity contribution in [2.45, 2.75) is 56.7 Å². The molecular formula is C36H37N5O11. The second-order valence-corrected chi connectivity index (χ2v) is 12.6. The maximum Gasteiger partial charge on any atom is 0.326 e. The predicted octanol–water partition coefficient (Wildman–Crippen LogP) is 1.16. The third kappa shape index (κ3) is 8.51. The molecule has 272 valence electrons. The number of aliphatic carboxylic acids is 3.